The molecule has 1 atom stereocenters. The first-order valence-corrected chi connectivity index (χ1v) is 5.74. The first kappa shape index (κ1) is 7.55. The van der Waals surface area contributed by atoms with Gasteiger partial charge in [0.1, 0.15) is 0 Å². The number of hydrogen-bond acceptors (Lipinski definition) is 3. The lowest BCUT2D eigenvalue weighted by molar-refractivity contribution is 0.498. The molecule has 1 unspecified atom stereocenters. The molecular weight excluding hydrogens is 162 g/mol. The average molecular weight is 175 g/mol. The molecule has 11 heavy (non-hydrogen) atoms. The Hall–Kier alpha value is -0.0900. The molecule has 3 nitrogen and oxygen atoms in total. The minimum absolute atomic E-state index is 0.0991. The van der Waals surface area contributed by atoms with Crippen LogP contribution in [0, 0.1) is 0 Å². The van der Waals surface area contributed by atoms with Crippen LogP contribution in [0.5, 0.6) is 0 Å². The van der Waals surface area contributed by atoms with Crippen molar-refractivity contribution in [3.05, 3.63) is 0 Å². The van der Waals surface area contributed by atoms with Gasteiger partial charge in [0.25, 0.3) is 0 Å². The Morgan fingerprint density at radius 2 is 2.09 bits per heavy atom. The van der Waals surface area contributed by atoms with Crippen LogP contribution in [0.25, 0.3) is 0 Å². The van der Waals surface area contributed by atoms with E-state index in [2.05, 4.69) is 0 Å². The van der Waals surface area contributed by atoms with Crippen LogP contribution in [0.4, 0.5) is 0 Å². The SMILES string of the molecule is NC1(CC2CCS2(=O)=O)CC1. The summed E-state index contributed by atoms with van der Waals surface area (Å²) >= 11 is 0. The molecule has 1 aliphatic heterocycles. The molecular formula is C7H13NO2S. The van der Waals surface area contributed by atoms with Gasteiger partial charge in [0.05, 0.1) is 11.0 Å². The van der Waals surface area contributed by atoms with Crippen LogP contribution < -0.4 is 5.73 Å². The summed E-state index contributed by atoms with van der Waals surface area (Å²) in [6.45, 7) is 0. The van der Waals surface area contributed by atoms with Gasteiger partial charge in [-0.1, -0.05) is 0 Å². The lowest BCUT2D eigenvalue weighted by atomic mass is 10.1. The van der Waals surface area contributed by atoms with E-state index in [0.717, 1.165) is 19.3 Å². The van der Waals surface area contributed by atoms with E-state index in [0.29, 0.717) is 12.2 Å². The zero-order chi connectivity index (χ0) is 8.11. The van der Waals surface area contributed by atoms with E-state index in [1.807, 2.05) is 0 Å². The van der Waals surface area contributed by atoms with Gasteiger partial charge < -0.3 is 5.73 Å². The fourth-order valence-electron chi connectivity index (χ4n) is 1.52. The van der Waals surface area contributed by atoms with E-state index in [1.165, 1.54) is 0 Å². The molecule has 1 saturated carbocycles. The van der Waals surface area contributed by atoms with Gasteiger partial charge in [-0.15, -0.1) is 0 Å². The van der Waals surface area contributed by atoms with Crippen molar-refractivity contribution < 1.29 is 8.42 Å². The summed E-state index contributed by atoms with van der Waals surface area (Å²) in [7, 11) is -2.70. The Morgan fingerprint density at radius 1 is 1.45 bits per heavy atom. The molecule has 2 fully saturated rings. The molecule has 0 spiro atoms. The van der Waals surface area contributed by atoms with Gasteiger partial charge in [-0.05, 0) is 25.7 Å². The molecule has 1 heterocycles. The molecule has 64 valence electrons. The summed E-state index contributed by atoms with van der Waals surface area (Å²) < 4.78 is 22.1. The molecule has 1 saturated heterocycles. The van der Waals surface area contributed by atoms with Gasteiger partial charge in [-0.25, -0.2) is 8.42 Å². The van der Waals surface area contributed by atoms with Crippen molar-refractivity contribution in [2.75, 3.05) is 5.75 Å². The quantitative estimate of drug-likeness (QED) is 0.645. The Kier molecular flexibility index (Phi) is 1.36. The van der Waals surface area contributed by atoms with E-state index < -0.39 is 9.84 Å². The maximum absolute atomic E-state index is 11.1. The van der Waals surface area contributed by atoms with E-state index in [-0.39, 0.29) is 10.8 Å². The highest BCUT2D eigenvalue weighted by atomic mass is 32.2. The third kappa shape index (κ3) is 1.29. The monoisotopic (exact) mass is 175 g/mol. The Labute approximate surface area is 66.9 Å². The van der Waals surface area contributed by atoms with Gasteiger partial charge in [0.2, 0.25) is 0 Å². The molecule has 2 aliphatic rings. The highest BCUT2D eigenvalue weighted by Gasteiger charge is 2.46. The fraction of sp³-hybridized carbons (Fsp3) is 1.00. The molecule has 0 aromatic carbocycles. The summed E-state index contributed by atoms with van der Waals surface area (Å²) in [5.74, 6) is 0.383. The van der Waals surface area contributed by atoms with Crippen molar-refractivity contribution in [1.29, 1.82) is 0 Å². The van der Waals surface area contributed by atoms with Gasteiger partial charge in [-0.3, -0.25) is 0 Å². The zero-order valence-corrected chi connectivity index (χ0v) is 7.23. The second-order valence-corrected chi connectivity index (χ2v) is 6.24. The van der Waals surface area contributed by atoms with Crippen LogP contribution in [0.1, 0.15) is 25.7 Å². The predicted octanol–water partition coefficient (Wildman–Crippen LogP) is 0.0549. The van der Waals surface area contributed by atoms with Crippen LogP contribution in [0.15, 0.2) is 0 Å². The second kappa shape index (κ2) is 1.98. The molecule has 4 heteroatoms. The molecule has 0 aromatic rings. The van der Waals surface area contributed by atoms with Crippen molar-refractivity contribution >= 4 is 9.84 Å². The van der Waals surface area contributed by atoms with Gasteiger partial charge in [0, 0.05) is 5.54 Å². The molecule has 1 aliphatic carbocycles. The largest absolute Gasteiger partial charge is 0.325 e. The van der Waals surface area contributed by atoms with Crippen LogP contribution in [-0.4, -0.2) is 25.0 Å². The first-order chi connectivity index (χ1) is 5.02. The molecule has 0 radical (unpaired) electrons. The topological polar surface area (TPSA) is 60.2 Å². The van der Waals surface area contributed by atoms with Gasteiger partial charge in [0.15, 0.2) is 9.84 Å². The van der Waals surface area contributed by atoms with Crippen LogP contribution in [-0.2, 0) is 9.84 Å². The lowest BCUT2D eigenvalue weighted by Gasteiger charge is -2.28. The second-order valence-electron chi connectivity index (χ2n) is 3.84. The summed E-state index contributed by atoms with van der Waals surface area (Å²) in [4.78, 5) is 0. The van der Waals surface area contributed by atoms with Crippen molar-refractivity contribution in [2.45, 2.75) is 36.5 Å². The normalized spacial score (nSPS) is 37.7. The molecule has 2 N–H and O–H groups in total. The number of rotatable bonds is 2. The minimum atomic E-state index is -2.70. The number of hydrogen-bond donors (Lipinski definition) is 1. The smallest absolute Gasteiger partial charge is 0.153 e. The Bertz CT molecular complexity index is 266. The highest BCUT2D eigenvalue weighted by Crippen LogP contribution is 2.41. The third-order valence-electron chi connectivity index (χ3n) is 2.76. The third-order valence-corrected chi connectivity index (χ3v) is 4.98. The minimum Gasteiger partial charge on any atom is -0.325 e. The Balaban J connectivity index is 1.98. The average Bonchev–Trinajstić information content (AvgIpc) is 2.63. The van der Waals surface area contributed by atoms with E-state index >= 15 is 0 Å². The summed E-state index contributed by atoms with van der Waals surface area (Å²) in [6.07, 6.45) is 3.56. The van der Waals surface area contributed by atoms with E-state index in [4.69, 9.17) is 5.73 Å². The lowest BCUT2D eigenvalue weighted by Crippen LogP contribution is -2.41. The van der Waals surface area contributed by atoms with Crippen LogP contribution >= 0.6 is 0 Å². The van der Waals surface area contributed by atoms with Gasteiger partial charge >= 0.3 is 0 Å². The van der Waals surface area contributed by atoms with Crippen LogP contribution in [0.3, 0.4) is 0 Å². The summed E-state index contributed by atoms with van der Waals surface area (Å²) in [6, 6.07) is 0. The maximum Gasteiger partial charge on any atom is 0.153 e. The van der Waals surface area contributed by atoms with Crippen molar-refractivity contribution in [3.8, 4) is 0 Å². The van der Waals surface area contributed by atoms with Crippen molar-refractivity contribution in [3.63, 3.8) is 0 Å². The zero-order valence-electron chi connectivity index (χ0n) is 6.41. The van der Waals surface area contributed by atoms with Crippen LogP contribution in [0.2, 0.25) is 0 Å². The van der Waals surface area contributed by atoms with Crippen molar-refractivity contribution in [2.24, 2.45) is 5.73 Å². The molecule has 2 rings (SSSR count). The molecule has 0 bridgehead atoms. The first-order valence-electron chi connectivity index (χ1n) is 4.02. The van der Waals surface area contributed by atoms with E-state index in [1.54, 1.807) is 0 Å². The van der Waals surface area contributed by atoms with E-state index in [9.17, 15) is 8.42 Å². The summed E-state index contributed by atoms with van der Waals surface area (Å²) in [5, 5.41) is -0.102. The van der Waals surface area contributed by atoms with Crippen molar-refractivity contribution in [1.82, 2.24) is 0 Å². The Morgan fingerprint density at radius 3 is 2.36 bits per heavy atom. The predicted molar refractivity (Wildman–Crippen MR) is 43.0 cm³/mol. The molecule has 0 amide bonds. The summed E-state index contributed by atoms with van der Waals surface area (Å²) in [5.41, 5.74) is 5.71. The number of nitrogens with two attached hydrogens (primary N) is 1. The van der Waals surface area contributed by atoms with Gasteiger partial charge in [-0.2, -0.15) is 0 Å². The molecule has 0 aromatic heterocycles. The standard InChI is InChI=1S/C7H13NO2S/c8-7(2-3-7)5-6-1-4-11(6,9)10/h6H,1-5,8H2. The fourth-order valence-corrected chi connectivity index (χ4v) is 3.06. The maximum atomic E-state index is 11.1. The number of sulfone groups is 1. The highest BCUT2D eigenvalue weighted by molar-refractivity contribution is 7.93.